The van der Waals surface area contributed by atoms with Crippen LogP contribution in [0.15, 0.2) is 34.2 Å². The van der Waals surface area contributed by atoms with Crippen LogP contribution in [0, 0.1) is 17.8 Å². The predicted octanol–water partition coefficient (Wildman–Crippen LogP) is 4.39. The van der Waals surface area contributed by atoms with Crippen LogP contribution in [0.2, 0.25) is 0 Å². The molecule has 0 radical (unpaired) electrons. The lowest BCUT2D eigenvalue weighted by Gasteiger charge is -2.57. The van der Waals surface area contributed by atoms with Gasteiger partial charge in [0.15, 0.2) is 5.16 Å². The Kier molecular flexibility index (Phi) is 6.54. The highest BCUT2D eigenvalue weighted by Gasteiger charge is 2.51. The Morgan fingerprint density at radius 3 is 2.55 bits per heavy atom. The number of carbonyl (C=O) groups excluding carboxylic acids is 1. The van der Waals surface area contributed by atoms with E-state index in [4.69, 9.17) is 9.72 Å². The van der Waals surface area contributed by atoms with Crippen molar-refractivity contribution in [3.05, 3.63) is 34.6 Å². The molecular formula is C26H35N3O3S. The SMILES string of the molecule is CCOCCCn1c(SC(C)C(=O)NC23CC4CC(CC(C4)C2)C3)nc2ccccc2c1=O. The molecule has 4 aliphatic rings. The highest BCUT2D eigenvalue weighted by Crippen LogP contribution is 2.55. The molecule has 0 spiro atoms. The van der Waals surface area contributed by atoms with Gasteiger partial charge < -0.3 is 10.1 Å². The maximum Gasteiger partial charge on any atom is 0.262 e. The number of hydrogen-bond acceptors (Lipinski definition) is 5. The van der Waals surface area contributed by atoms with Crippen molar-refractivity contribution < 1.29 is 9.53 Å². The standard InChI is InChI=1S/C26H35N3O3S/c1-3-32-10-6-9-29-24(31)21-7-4-5-8-22(21)27-25(29)33-17(2)23(30)28-26-14-18-11-19(15-26)13-20(12-18)16-26/h4-5,7-8,17-20H,3,6,9-16H2,1-2H3,(H,28,30). The van der Waals surface area contributed by atoms with Gasteiger partial charge in [0.2, 0.25) is 5.91 Å². The fraction of sp³-hybridized carbons (Fsp3) is 0.654. The van der Waals surface area contributed by atoms with Gasteiger partial charge in [0.05, 0.1) is 16.2 Å². The summed E-state index contributed by atoms with van der Waals surface area (Å²) in [6, 6.07) is 7.45. The summed E-state index contributed by atoms with van der Waals surface area (Å²) in [5.74, 6) is 2.44. The molecule has 7 heteroatoms. The minimum atomic E-state index is -0.316. The summed E-state index contributed by atoms with van der Waals surface area (Å²) in [6.07, 6.45) is 8.21. The first-order chi connectivity index (χ1) is 16.0. The molecule has 4 bridgehead atoms. The van der Waals surface area contributed by atoms with Crippen molar-refractivity contribution in [2.45, 2.75) is 81.3 Å². The third-order valence-corrected chi connectivity index (χ3v) is 8.87. The van der Waals surface area contributed by atoms with E-state index in [2.05, 4.69) is 5.32 Å². The van der Waals surface area contributed by atoms with Crippen LogP contribution in [-0.4, -0.2) is 39.5 Å². The molecule has 33 heavy (non-hydrogen) atoms. The molecule has 1 heterocycles. The predicted molar refractivity (Wildman–Crippen MR) is 131 cm³/mol. The normalized spacial score (nSPS) is 28.8. The second-order valence-electron chi connectivity index (χ2n) is 10.4. The molecule has 1 unspecified atom stereocenters. The third-order valence-electron chi connectivity index (χ3n) is 7.78. The number of benzene rings is 1. The molecule has 0 aliphatic heterocycles. The summed E-state index contributed by atoms with van der Waals surface area (Å²) < 4.78 is 7.19. The summed E-state index contributed by atoms with van der Waals surface area (Å²) >= 11 is 1.40. The molecule has 4 aliphatic carbocycles. The fourth-order valence-corrected chi connectivity index (χ4v) is 7.68. The van der Waals surface area contributed by atoms with Gasteiger partial charge in [-0.3, -0.25) is 14.2 Å². The van der Waals surface area contributed by atoms with Crippen LogP contribution < -0.4 is 10.9 Å². The number of ether oxygens (including phenoxy) is 1. The lowest BCUT2D eigenvalue weighted by molar-refractivity contribution is -0.126. The van der Waals surface area contributed by atoms with Crippen molar-refractivity contribution >= 4 is 28.6 Å². The highest BCUT2D eigenvalue weighted by molar-refractivity contribution is 8.00. The van der Waals surface area contributed by atoms with E-state index in [1.54, 1.807) is 4.57 Å². The number of nitrogens with one attached hydrogen (secondary N) is 1. The number of carbonyl (C=O) groups is 1. The molecule has 1 aromatic carbocycles. The van der Waals surface area contributed by atoms with Crippen LogP contribution in [0.25, 0.3) is 10.9 Å². The zero-order chi connectivity index (χ0) is 23.0. The van der Waals surface area contributed by atoms with Gasteiger partial charge in [-0.1, -0.05) is 23.9 Å². The highest BCUT2D eigenvalue weighted by atomic mass is 32.2. The van der Waals surface area contributed by atoms with Crippen LogP contribution in [0.5, 0.6) is 0 Å². The Labute approximate surface area is 199 Å². The van der Waals surface area contributed by atoms with Crippen LogP contribution in [-0.2, 0) is 16.1 Å². The zero-order valence-electron chi connectivity index (χ0n) is 19.7. The molecule has 1 atom stereocenters. The number of aromatic nitrogens is 2. The van der Waals surface area contributed by atoms with Crippen molar-refractivity contribution in [3.8, 4) is 0 Å². The first-order valence-corrected chi connectivity index (χ1v) is 13.4. The minimum Gasteiger partial charge on any atom is -0.382 e. The van der Waals surface area contributed by atoms with E-state index >= 15 is 0 Å². The number of nitrogens with zero attached hydrogens (tertiary/aromatic N) is 2. The maximum absolute atomic E-state index is 13.3. The summed E-state index contributed by atoms with van der Waals surface area (Å²) in [5.41, 5.74) is 0.627. The van der Waals surface area contributed by atoms with Gasteiger partial charge in [-0.2, -0.15) is 0 Å². The van der Waals surface area contributed by atoms with E-state index < -0.39 is 0 Å². The number of fused-ring (bicyclic) bond motifs is 1. The molecule has 6 rings (SSSR count). The van der Waals surface area contributed by atoms with Gasteiger partial charge in [-0.25, -0.2) is 4.98 Å². The van der Waals surface area contributed by atoms with Crippen molar-refractivity contribution in [3.63, 3.8) is 0 Å². The van der Waals surface area contributed by atoms with Crippen LogP contribution in [0.1, 0.15) is 58.8 Å². The number of hydrogen-bond donors (Lipinski definition) is 1. The molecule has 2 aromatic rings. The molecule has 1 amide bonds. The maximum atomic E-state index is 13.3. The zero-order valence-corrected chi connectivity index (χ0v) is 20.5. The van der Waals surface area contributed by atoms with E-state index in [1.165, 1.54) is 31.0 Å². The second kappa shape index (κ2) is 9.41. The average Bonchev–Trinajstić information content (AvgIpc) is 2.77. The van der Waals surface area contributed by atoms with Gasteiger partial charge in [-0.15, -0.1) is 0 Å². The summed E-state index contributed by atoms with van der Waals surface area (Å²) in [7, 11) is 0. The average molecular weight is 470 g/mol. The number of amides is 1. The molecule has 178 valence electrons. The Hall–Kier alpha value is -1.86. The monoisotopic (exact) mass is 469 g/mol. The van der Waals surface area contributed by atoms with Crippen LogP contribution >= 0.6 is 11.8 Å². The summed E-state index contributed by atoms with van der Waals surface area (Å²) in [6.45, 7) is 5.69. The lowest BCUT2D eigenvalue weighted by Crippen LogP contribution is -2.60. The van der Waals surface area contributed by atoms with Crippen LogP contribution in [0.4, 0.5) is 0 Å². The number of rotatable bonds is 9. The van der Waals surface area contributed by atoms with Gasteiger partial charge in [0.1, 0.15) is 0 Å². The number of para-hydroxylation sites is 1. The van der Waals surface area contributed by atoms with E-state index in [0.717, 1.165) is 43.4 Å². The smallest absolute Gasteiger partial charge is 0.262 e. The molecule has 4 saturated carbocycles. The van der Waals surface area contributed by atoms with E-state index in [9.17, 15) is 9.59 Å². The Balaban J connectivity index is 1.34. The Morgan fingerprint density at radius 2 is 1.88 bits per heavy atom. The molecule has 4 fully saturated rings. The Bertz CT molecular complexity index is 1050. The van der Waals surface area contributed by atoms with Crippen molar-refractivity contribution in [1.82, 2.24) is 14.9 Å². The van der Waals surface area contributed by atoms with Gasteiger partial charge >= 0.3 is 0 Å². The lowest BCUT2D eigenvalue weighted by atomic mass is 9.53. The third kappa shape index (κ3) is 4.72. The largest absolute Gasteiger partial charge is 0.382 e. The summed E-state index contributed by atoms with van der Waals surface area (Å²) in [4.78, 5) is 31.3. The van der Waals surface area contributed by atoms with Gasteiger partial charge in [0, 0.05) is 25.3 Å². The summed E-state index contributed by atoms with van der Waals surface area (Å²) in [5, 5.41) is 4.39. The first-order valence-electron chi connectivity index (χ1n) is 12.5. The molecule has 0 saturated heterocycles. The van der Waals surface area contributed by atoms with Gasteiger partial charge in [0.25, 0.3) is 5.56 Å². The molecular weight excluding hydrogens is 434 g/mol. The Morgan fingerprint density at radius 1 is 1.21 bits per heavy atom. The van der Waals surface area contributed by atoms with Crippen LogP contribution in [0.3, 0.4) is 0 Å². The van der Waals surface area contributed by atoms with E-state index in [1.807, 2.05) is 38.1 Å². The topological polar surface area (TPSA) is 73.2 Å². The fourth-order valence-electron chi connectivity index (χ4n) is 6.74. The van der Waals surface area contributed by atoms with Crippen molar-refractivity contribution in [2.24, 2.45) is 17.8 Å². The van der Waals surface area contributed by atoms with Crippen molar-refractivity contribution in [1.29, 1.82) is 0 Å². The first kappa shape index (κ1) is 22.9. The molecule has 1 N–H and O–H groups in total. The van der Waals surface area contributed by atoms with E-state index in [-0.39, 0.29) is 22.3 Å². The van der Waals surface area contributed by atoms with Gasteiger partial charge in [-0.05, 0) is 88.7 Å². The second-order valence-corrected chi connectivity index (χ2v) is 11.7. The quantitative estimate of drug-likeness (QED) is 0.335. The molecule has 1 aromatic heterocycles. The molecule has 6 nitrogen and oxygen atoms in total. The number of thioether (sulfide) groups is 1. The van der Waals surface area contributed by atoms with Crippen molar-refractivity contribution in [2.75, 3.05) is 13.2 Å². The minimum absolute atomic E-state index is 0.00533. The van der Waals surface area contributed by atoms with E-state index in [0.29, 0.717) is 35.8 Å².